The van der Waals surface area contributed by atoms with E-state index in [1.165, 1.54) is 12.1 Å². The van der Waals surface area contributed by atoms with Gasteiger partial charge in [-0.25, -0.2) is 4.79 Å². The van der Waals surface area contributed by atoms with Crippen LogP contribution in [-0.4, -0.2) is 24.8 Å². The molecule has 8 heteroatoms. The molecule has 134 valence electrons. The Bertz CT molecular complexity index is 594. The van der Waals surface area contributed by atoms with Crippen LogP contribution in [0, 0.1) is 0 Å². The summed E-state index contributed by atoms with van der Waals surface area (Å²) >= 11 is 0. The summed E-state index contributed by atoms with van der Waals surface area (Å²) in [6, 6.07) is 3.38. The third-order valence-corrected chi connectivity index (χ3v) is 2.91. The van der Waals surface area contributed by atoms with Crippen LogP contribution in [0.2, 0.25) is 0 Å². The summed E-state index contributed by atoms with van der Waals surface area (Å²) < 4.78 is 48.1. The molecular formula is C16H20F3NO4. The van der Waals surface area contributed by atoms with Crippen molar-refractivity contribution in [1.82, 2.24) is 5.32 Å². The summed E-state index contributed by atoms with van der Waals surface area (Å²) in [4.78, 5) is 23.4. The van der Waals surface area contributed by atoms with Crippen LogP contribution >= 0.6 is 0 Å². The van der Waals surface area contributed by atoms with Crippen molar-refractivity contribution >= 4 is 12.1 Å². The Morgan fingerprint density at radius 2 is 1.83 bits per heavy atom. The van der Waals surface area contributed by atoms with Gasteiger partial charge in [0.1, 0.15) is 5.60 Å². The molecule has 0 fully saturated rings. The molecule has 1 amide bonds. The van der Waals surface area contributed by atoms with Crippen molar-refractivity contribution in [3.05, 3.63) is 35.4 Å². The normalized spacial score (nSPS) is 13.1. The first-order valence-electron chi connectivity index (χ1n) is 7.16. The number of hydrogen-bond donors (Lipinski definition) is 1. The molecule has 0 saturated carbocycles. The van der Waals surface area contributed by atoms with Gasteiger partial charge in [-0.1, -0.05) is 12.1 Å². The van der Waals surface area contributed by atoms with E-state index in [2.05, 4.69) is 10.1 Å². The second kappa shape index (κ2) is 7.55. The predicted molar refractivity (Wildman–Crippen MR) is 80.2 cm³/mol. The number of nitrogens with one attached hydrogen (secondary N) is 1. The Kier molecular flexibility index (Phi) is 6.22. The van der Waals surface area contributed by atoms with Gasteiger partial charge in [0, 0.05) is 0 Å². The lowest BCUT2D eigenvalue weighted by Gasteiger charge is -2.24. The van der Waals surface area contributed by atoms with Gasteiger partial charge in [0.2, 0.25) is 0 Å². The van der Waals surface area contributed by atoms with Crippen molar-refractivity contribution in [2.75, 3.05) is 7.11 Å². The van der Waals surface area contributed by atoms with Crippen molar-refractivity contribution in [3.63, 3.8) is 0 Å². The zero-order valence-corrected chi connectivity index (χ0v) is 13.9. The monoisotopic (exact) mass is 347 g/mol. The van der Waals surface area contributed by atoms with E-state index < -0.39 is 35.4 Å². The Morgan fingerprint density at radius 3 is 2.33 bits per heavy atom. The molecule has 0 aromatic heterocycles. The zero-order chi connectivity index (χ0) is 18.5. The van der Waals surface area contributed by atoms with E-state index in [1.54, 1.807) is 20.8 Å². The van der Waals surface area contributed by atoms with E-state index in [1.807, 2.05) is 0 Å². The number of alkyl halides is 3. The van der Waals surface area contributed by atoms with E-state index in [9.17, 15) is 22.8 Å². The Labute approximate surface area is 138 Å². The third kappa shape index (κ3) is 6.47. The summed E-state index contributed by atoms with van der Waals surface area (Å²) in [6.45, 7) is 4.94. The lowest BCUT2D eigenvalue weighted by atomic mass is 10.0. The highest BCUT2D eigenvalue weighted by molar-refractivity contribution is 5.73. The fraction of sp³-hybridized carbons (Fsp3) is 0.500. The Hall–Kier alpha value is -2.25. The number of esters is 1. The number of benzene rings is 1. The number of amides is 1. The molecule has 1 N–H and O–H groups in total. The van der Waals surface area contributed by atoms with Gasteiger partial charge in [-0.2, -0.15) is 13.2 Å². The lowest BCUT2D eigenvalue weighted by molar-refractivity contribution is -0.141. The van der Waals surface area contributed by atoms with Gasteiger partial charge in [0.25, 0.3) is 0 Å². The highest BCUT2D eigenvalue weighted by atomic mass is 19.4. The molecule has 24 heavy (non-hydrogen) atoms. The molecule has 1 rings (SSSR count). The number of rotatable bonds is 4. The number of ether oxygens (including phenoxy) is 2. The zero-order valence-electron chi connectivity index (χ0n) is 13.9. The van der Waals surface area contributed by atoms with E-state index in [0.717, 1.165) is 19.2 Å². The van der Waals surface area contributed by atoms with Gasteiger partial charge in [-0.05, 0) is 38.5 Å². The predicted octanol–water partition coefficient (Wildman–Crippen LogP) is 3.83. The first-order chi connectivity index (χ1) is 10.9. The first-order valence-corrected chi connectivity index (χ1v) is 7.16. The number of carbonyl (C=O) groups excluding carboxylic acids is 2. The van der Waals surface area contributed by atoms with Crippen molar-refractivity contribution in [1.29, 1.82) is 0 Å². The fourth-order valence-corrected chi connectivity index (χ4v) is 1.88. The van der Waals surface area contributed by atoms with E-state index in [4.69, 9.17) is 4.74 Å². The Balaban J connectivity index is 3.06. The summed E-state index contributed by atoms with van der Waals surface area (Å²) in [5.74, 6) is -0.673. The van der Waals surface area contributed by atoms with Crippen LogP contribution in [0.4, 0.5) is 18.0 Å². The fourth-order valence-electron chi connectivity index (χ4n) is 1.88. The minimum Gasteiger partial charge on any atom is -0.469 e. The van der Waals surface area contributed by atoms with Crippen LogP contribution in [0.15, 0.2) is 24.3 Å². The molecule has 0 aliphatic heterocycles. The van der Waals surface area contributed by atoms with Gasteiger partial charge in [-0.3, -0.25) is 4.79 Å². The summed E-state index contributed by atoms with van der Waals surface area (Å²) in [6.07, 6.45) is -5.69. The molecular weight excluding hydrogens is 327 g/mol. The molecule has 5 nitrogen and oxygen atoms in total. The topological polar surface area (TPSA) is 64.6 Å². The Morgan fingerprint density at radius 1 is 1.21 bits per heavy atom. The standard InChI is InChI=1S/C16H20F3NO4/c1-15(2,3)24-14(22)20-12(9-13(21)23-4)10-6-5-7-11(8-10)16(17,18)19/h5-8,12H,9H2,1-4H3,(H,20,22). The van der Waals surface area contributed by atoms with Gasteiger partial charge in [-0.15, -0.1) is 0 Å². The molecule has 1 aromatic carbocycles. The largest absolute Gasteiger partial charge is 0.469 e. The van der Waals surface area contributed by atoms with Crippen molar-refractivity contribution in [2.45, 2.75) is 45.0 Å². The minimum atomic E-state index is -4.53. The molecule has 1 unspecified atom stereocenters. The maximum atomic E-state index is 12.8. The van der Waals surface area contributed by atoms with Gasteiger partial charge in [0.15, 0.2) is 0 Å². The van der Waals surface area contributed by atoms with Crippen LogP contribution < -0.4 is 5.32 Å². The molecule has 0 spiro atoms. The van der Waals surface area contributed by atoms with Crippen LogP contribution in [0.1, 0.15) is 44.4 Å². The second-order valence-corrected chi connectivity index (χ2v) is 6.10. The lowest BCUT2D eigenvalue weighted by Crippen LogP contribution is -2.36. The molecule has 0 heterocycles. The smallest absolute Gasteiger partial charge is 0.416 e. The second-order valence-electron chi connectivity index (χ2n) is 6.10. The first kappa shape index (κ1) is 19.8. The average molecular weight is 347 g/mol. The number of methoxy groups -OCH3 is 1. The van der Waals surface area contributed by atoms with Gasteiger partial charge in [0.05, 0.1) is 25.1 Å². The molecule has 0 radical (unpaired) electrons. The number of hydrogen-bond acceptors (Lipinski definition) is 4. The van der Waals surface area contributed by atoms with Crippen LogP contribution in [-0.2, 0) is 20.4 Å². The average Bonchev–Trinajstić information content (AvgIpc) is 2.43. The molecule has 0 bridgehead atoms. The molecule has 1 aromatic rings. The van der Waals surface area contributed by atoms with Gasteiger partial charge >= 0.3 is 18.2 Å². The number of alkyl carbamates (subject to hydrolysis) is 1. The summed E-state index contributed by atoms with van der Waals surface area (Å²) in [5.41, 5.74) is -1.53. The van der Waals surface area contributed by atoms with Crippen molar-refractivity contribution in [3.8, 4) is 0 Å². The maximum Gasteiger partial charge on any atom is 0.416 e. The quantitative estimate of drug-likeness (QED) is 0.841. The molecule has 0 aliphatic rings. The maximum absolute atomic E-state index is 12.8. The van der Waals surface area contributed by atoms with E-state index in [0.29, 0.717) is 0 Å². The van der Waals surface area contributed by atoms with Crippen molar-refractivity contribution < 1.29 is 32.2 Å². The molecule has 1 atom stereocenters. The number of carbonyl (C=O) groups is 2. The van der Waals surface area contributed by atoms with E-state index in [-0.39, 0.29) is 12.0 Å². The van der Waals surface area contributed by atoms with E-state index >= 15 is 0 Å². The van der Waals surface area contributed by atoms with Crippen LogP contribution in [0.5, 0.6) is 0 Å². The summed E-state index contributed by atoms with van der Waals surface area (Å²) in [5, 5.41) is 2.40. The minimum absolute atomic E-state index is 0.126. The third-order valence-electron chi connectivity index (χ3n) is 2.91. The highest BCUT2D eigenvalue weighted by Crippen LogP contribution is 2.31. The number of halogens is 3. The summed E-state index contributed by atoms with van der Waals surface area (Å²) in [7, 11) is 1.15. The van der Waals surface area contributed by atoms with Gasteiger partial charge < -0.3 is 14.8 Å². The molecule has 0 saturated heterocycles. The van der Waals surface area contributed by atoms with Crippen LogP contribution in [0.3, 0.4) is 0 Å². The SMILES string of the molecule is COC(=O)CC(NC(=O)OC(C)(C)C)c1cccc(C(F)(F)F)c1. The molecule has 0 aliphatic carbocycles. The van der Waals surface area contributed by atoms with Crippen LogP contribution in [0.25, 0.3) is 0 Å². The van der Waals surface area contributed by atoms with Crippen molar-refractivity contribution in [2.24, 2.45) is 0 Å². The highest BCUT2D eigenvalue weighted by Gasteiger charge is 2.31.